The molecule has 1 aliphatic carbocycles. The molecule has 2 nitrogen and oxygen atoms in total. The molecule has 2 heteroatoms. The van der Waals surface area contributed by atoms with Crippen molar-refractivity contribution < 1.29 is 9.90 Å². The summed E-state index contributed by atoms with van der Waals surface area (Å²) >= 11 is 0. The largest absolute Gasteiger partial charge is 0.481 e. The zero-order valence-corrected chi connectivity index (χ0v) is 8.68. The molecule has 13 heavy (non-hydrogen) atoms. The Morgan fingerprint density at radius 2 is 1.92 bits per heavy atom. The molecule has 76 valence electrons. The quantitative estimate of drug-likeness (QED) is 0.732. The van der Waals surface area contributed by atoms with E-state index in [2.05, 4.69) is 0 Å². The summed E-state index contributed by atoms with van der Waals surface area (Å²) in [6.07, 6.45) is 6.69. The molecule has 0 aromatic heterocycles. The molecule has 1 saturated carbocycles. The Morgan fingerprint density at radius 1 is 1.38 bits per heavy atom. The van der Waals surface area contributed by atoms with Crippen LogP contribution in [0.4, 0.5) is 0 Å². The predicted octanol–water partition coefficient (Wildman–Crippen LogP) is 3.07. The summed E-state index contributed by atoms with van der Waals surface area (Å²) in [5, 5.41) is 9.18. The highest BCUT2D eigenvalue weighted by Crippen LogP contribution is 2.40. The predicted molar refractivity (Wildman–Crippen MR) is 52.6 cm³/mol. The van der Waals surface area contributed by atoms with Crippen LogP contribution in [0.3, 0.4) is 0 Å². The first-order chi connectivity index (χ1) is 6.11. The van der Waals surface area contributed by atoms with Crippen molar-refractivity contribution in [2.75, 3.05) is 0 Å². The van der Waals surface area contributed by atoms with Crippen molar-refractivity contribution in [2.24, 2.45) is 11.3 Å². The van der Waals surface area contributed by atoms with Crippen molar-refractivity contribution in [3.63, 3.8) is 0 Å². The van der Waals surface area contributed by atoms with Gasteiger partial charge in [0.2, 0.25) is 0 Å². The Bertz CT molecular complexity index is 183. The smallest absolute Gasteiger partial charge is 0.309 e. The van der Waals surface area contributed by atoms with Gasteiger partial charge in [0, 0.05) is 0 Å². The third-order valence-corrected chi connectivity index (χ3v) is 3.73. The molecule has 1 N–H and O–H groups in total. The van der Waals surface area contributed by atoms with Crippen molar-refractivity contribution in [3.05, 3.63) is 0 Å². The number of hydrogen-bond acceptors (Lipinski definition) is 1. The van der Waals surface area contributed by atoms with E-state index >= 15 is 0 Å². The van der Waals surface area contributed by atoms with Gasteiger partial charge in [0.1, 0.15) is 0 Å². The van der Waals surface area contributed by atoms with E-state index in [0.717, 1.165) is 19.3 Å². The third-order valence-electron chi connectivity index (χ3n) is 3.73. The summed E-state index contributed by atoms with van der Waals surface area (Å²) in [4.78, 5) is 11.2. The standard InChI is InChI=1S/C11H20O2/c1-3-11(2,10(12)13)9-7-5-4-6-8-9/h9H,3-8H2,1-2H3,(H,12,13)/t11-/m0/s1. The molecule has 0 aromatic rings. The fourth-order valence-corrected chi connectivity index (χ4v) is 2.35. The number of hydrogen-bond donors (Lipinski definition) is 1. The normalized spacial score (nSPS) is 23.8. The number of aliphatic carboxylic acids is 1. The first-order valence-electron chi connectivity index (χ1n) is 5.34. The molecule has 0 heterocycles. The van der Waals surface area contributed by atoms with Gasteiger partial charge in [-0.05, 0) is 32.1 Å². The van der Waals surface area contributed by atoms with E-state index in [1.807, 2.05) is 13.8 Å². The van der Waals surface area contributed by atoms with Crippen molar-refractivity contribution in [1.82, 2.24) is 0 Å². The molecular formula is C11H20O2. The first kappa shape index (κ1) is 10.6. The molecule has 1 atom stereocenters. The van der Waals surface area contributed by atoms with Crippen LogP contribution in [0.15, 0.2) is 0 Å². The SMILES string of the molecule is CC[C@](C)(C(=O)O)C1CCCCC1. The molecule has 0 spiro atoms. The summed E-state index contributed by atoms with van der Waals surface area (Å²) < 4.78 is 0. The van der Waals surface area contributed by atoms with Crippen LogP contribution in [0.25, 0.3) is 0 Å². The Morgan fingerprint density at radius 3 is 2.31 bits per heavy atom. The van der Waals surface area contributed by atoms with Crippen LogP contribution < -0.4 is 0 Å². The first-order valence-corrected chi connectivity index (χ1v) is 5.34. The maximum Gasteiger partial charge on any atom is 0.309 e. The minimum Gasteiger partial charge on any atom is -0.481 e. The van der Waals surface area contributed by atoms with Gasteiger partial charge in [0.15, 0.2) is 0 Å². The maximum absolute atomic E-state index is 11.2. The van der Waals surface area contributed by atoms with Crippen molar-refractivity contribution in [1.29, 1.82) is 0 Å². The lowest BCUT2D eigenvalue weighted by molar-refractivity contribution is -0.152. The van der Waals surface area contributed by atoms with E-state index in [9.17, 15) is 9.90 Å². The van der Waals surface area contributed by atoms with Gasteiger partial charge in [-0.2, -0.15) is 0 Å². The Kier molecular flexibility index (Phi) is 3.34. The van der Waals surface area contributed by atoms with Gasteiger partial charge in [-0.25, -0.2) is 0 Å². The highest BCUT2D eigenvalue weighted by atomic mass is 16.4. The minimum atomic E-state index is -0.609. The Labute approximate surface area is 80.3 Å². The van der Waals surface area contributed by atoms with Crippen LogP contribution in [0, 0.1) is 11.3 Å². The second-order valence-electron chi connectivity index (χ2n) is 4.41. The van der Waals surface area contributed by atoms with Crippen molar-refractivity contribution in [2.45, 2.75) is 52.4 Å². The molecular weight excluding hydrogens is 164 g/mol. The zero-order chi connectivity index (χ0) is 9.90. The number of rotatable bonds is 3. The van der Waals surface area contributed by atoms with Crippen LogP contribution >= 0.6 is 0 Å². The van der Waals surface area contributed by atoms with Gasteiger partial charge in [0.25, 0.3) is 0 Å². The average Bonchev–Trinajstić information content (AvgIpc) is 2.17. The second kappa shape index (κ2) is 4.12. The fraction of sp³-hybridized carbons (Fsp3) is 0.909. The van der Waals surface area contributed by atoms with Gasteiger partial charge in [-0.15, -0.1) is 0 Å². The summed E-state index contributed by atoms with van der Waals surface area (Å²) in [6, 6.07) is 0. The molecule has 0 saturated heterocycles. The topological polar surface area (TPSA) is 37.3 Å². The van der Waals surface area contributed by atoms with E-state index < -0.39 is 11.4 Å². The molecule has 0 aromatic carbocycles. The third kappa shape index (κ3) is 2.04. The monoisotopic (exact) mass is 184 g/mol. The molecule has 1 aliphatic rings. The highest BCUT2D eigenvalue weighted by Gasteiger charge is 2.39. The van der Waals surface area contributed by atoms with Gasteiger partial charge < -0.3 is 5.11 Å². The van der Waals surface area contributed by atoms with Gasteiger partial charge >= 0.3 is 5.97 Å². The summed E-state index contributed by atoms with van der Waals surface area (Å²) in [5.41, 5.74) is -0.472. The van der Waals surface area contributed by atoms with E-state index in [0.29, 0.717) is 5.92 Å². The molecule has 0 radical (unpaired) electrons. The van der Waals surface area contributed by atoms with Crippen molar-refractivity contribution >= 4 is 5.97 Å². The van der Waals surface area contributed by atoms with Crippen LogP contribution in [0.5, 0.6) is 0 Å². The van der Waals surface area contributed by atoms with E-state index in [-0.39, 0.29) is 0 Å². The van der Waals surface area contributed by atoms with Gasteiger partial charge in [0.05, 0.1) is 5.41 Å². The number of carbonyl (C=O) groups is 1. The van der Waals surface area contributed by atoms with E-state index in [4.69, 9.17) is 0 Å². The molecule has 0 unspecified atom stereocenters. The lowest BCUT2D eigenvalue weighted by Crippen LogP contribution is -2.36. The zero-order valence-electron chi connectivity index (χ0n) is 8.68. The minimum absolute atomic E-state index is 0.406. The molecule has 0 bridgehead atoms. The number of carboxylic acids is 1. The summed E-state index contributed by atoms with van der Waals surface area (Å²) in [7, 11) is 0. The molecule has 1 rings (SSSR count). The highest BCUT2D eigenvalue weighted by molar-refractivity contribution is 5.74. The number of carboxylic acid groups (broad SMARTS) is 1. The Hall–Kier alpha value is -0.530. The van der Waals surface area contributed by atoms with E-state index in [1.54, 1.807) is 0 Å². The van der Waals surface area contributed by atoms with Gasteiger partial charge in [-0.1, -0.05) is 26.2 Å². The van der Waals surface area contributed by atoms with Crippen LogP contribution in [-0.2, 0) is 4.79 Å². The van der Waals surface area contributed by atoms with Crippen LogP contribution in [-0.4, -0.2) is 11.1 Å². The summed E-state index contributed by atoms with van der Waals surface area (Å²) in [6.45, 7) is 3.90. The molecule has 1 fully saturated rings. The second-order valence-corrected chi connectivity index (χ2v) is 4.41. The average molecular weight is 184 g/mol. The van der Waals surface area contributed by atoms with Crippen molar-refractivity contribution in [3.8, 4) is 0 Å². The molecule has 0 aliphatic heterocycles. The van der Waals surface area contributed by atoms with Crippen LogP contribution in [0.2, 0.25) is 0 Å². The molecule has 0 amide bonds. The van der Waals surface area contributed by atoms with E-state index in [1.165, 1.54) is 19.3 Å². The van der Waals surface area contributed by atoms with Gasteiger partial charge in [-0.3, -0.25) is 4.79 Å². The summed E-state index contributed by atoms with van der Waals surface area (Å²) in [5.74, 6) is -0.203. The maximum atomic E-state index is 11.2. The lowest BCUT2D eigenvalue weighted by atomic mass is 9.68. The Balaban J connectivity index is 2.68. The lowest BCUT2D eigenvalue weighted by Gasteiger charge is -2.35. The van der Waals surface area contributed by atoms with Crippen LogP contribution in [0.1, 0.15) is 52.4 Å². The fourth-order valence-electron chi connectivity index (χ4n) is 2.35.